The van der Waals surface area contributed by atoms with Gasteiger partial charge in [0, 0.05) is 32.3 Å². The fraction of sp³-hybridized carbons (Fsp3) is 0.0270. The van der Waals surface area contributed by atoms with Gasteiger partial charge in [0.05, 0.1) is 34.1 Å². The summed E-state index contributed by atoms with van der Waals surface area (Å²) in [5, 5.41) is 16.5. The lowest BCUT2D eigenvalue weighted by atomic mass is 9.73. The lowest BCUT2D eigenvalue weighted by Gasteiger charge is -2.43. The summed E-state index contributed by atoms with van der Waals surface area (Å²) in [5.74, 6) is 7.49. The highest BCUT2D eigenvalue weighted by Crippen LogP contribution is 2.56. The lowest BCUT2D eigenvalue weighted by molar-refractivity contribution is 0.477. The largest absolute Gasteiger partial charge is 0.458 e. The van der Waals surface area contributed by atoms with Crippen LogP contribution in [0, 0.1) is 0 Å². The third kappa shape index (κ3) is 9.89. The number of ether oxygens (including phenoxy) is 4. The zero-order valence-electron chi connectivity index (χ0n) is 66.7. The third-order valence-electron chi connectivity index (χ3n) is 26.8. The second kappa shape index (κ2) is 27.0. The average Bonchev–Trinajstić information content (AvgIpc) is 1.52. The predicted octanol–water partition coefficient (Wildman–Crippen LogP) is 21.1. The van der Waals surface area contributed by atoms with E-state index < -0.39 is 24.2 Å². The van der Waals surface area contributed by atoms with Crippen molar-refractivity contribution in [3.8, 4) is 79.4 Å². The van der Waals surface area contributed by atoms with Gasteiger partial charge in [0.2, 0.25) is 0 Å². The van der Waals surface area contributed by atoms with Crippen LogP contribution in [0.15, 0.2) is 428 Å². The first-order chi connectivity index (χ1) is 60.3. The van der Waals surface area contributed by atoms with Crippen molar-refractivity contribution in [3.63, 3.8) is 0 Å². The van der Waals surface area contributed by atoms with Gasteiger partial charge >= 0.3 is 0 Å². The van der Waals surface area contributed by atoms with Crippen LogP contribution in [0.5, 0.6) is 46.0 Å². The smallest absolute Gasteiger partial charge is 0.189 e. The molecule has 9 aliphatic rings. The van der Waals surface area contributed by atoms with Gasteiger partial charge in [-0.25, -0.2) is 0 Å². The van der Waals surface area contributed by atoms with Crippen LogP contribution < -0.4 is 95.9 Å². The van der Waals surface area contributed by atoms with Crippen LogP contribution >= 0.6 is 11.8 Å². The molecule has 0 bridgehead atoms. The molecule has 0 unspecified atom stereocenters. The van der Waals surface area contributed by atoms with Crippen LogP contribution in [-0.4, -0.2) is 24.2 Å². The summed E-state index contributed by atoms with van der Waals surface area (Å²) >= 11 is 1.84. The van der Waals surface area contributed by atoms with Crippen molar-refractivity contribution >= 4 is 149 Å². The highest BCUT2D eigenvalue weighted by Gasteiger charge is 2.57. The summed E-state index contributed by atoms with van der Waals surface area (Å²) in [6.07, 6.45) is 0. The minimum Gasteiger partial charge on any atom is -0.458 e. The van der Waals surface area contributed by atoms with E-state index in [4.69, 9.17) is 18.9 Å². The van der Waals surface area contributed by atoms with Gasteiger partial charge in [0.1, 0.15) is 34.5 Å². The van der Waals surface area contributed by atoms with Gasteiger partial charge < -0.3 is 33.6 Å². The van der Waals surface area contributed by atoms with Crippen molar-refractivity contribution in [2.45, 2.75) is 29.1 Å². The molecule has 27 rings (SSSR count). The second-order valence-electron chi connectivity index (χ2n) is 33.1. The fourth-order valence-corrected chi connectivity index (χ4v) is 39.1. The molecule has 18 aromatic rings. The molecule has 9 aliphatic heterocycles. The molecule has 9 heterocycles. The van der Waals surface area contributed by atoms with Crippen LogP contribution in [0.4, 0.5) is 51.2 Å². The van der Waals surface area contributed by atoms with E-state index in [9.17, 15) is 0 Å². The van der Waals surface area contributed by atoms with E-state index >= 15 is 0 Å². The molecule has 0 saturated heterocycles. The molecular weight excluding hydrogens is 1560 g/mol. The SMILES string of the molecule is CC1(C)c2ccccc2N(c2ccc3c(c2)[Si]2(c4ccccc4O3)c3ccccc3-c3ccccc32)c2ccccc21.c1ccc2c(c1)Oc1ccc(N3c4ccccc4Sc4ccccc43)cc1[Si]21c2ccccc2-c2ccccc21.c1ccc2c(c1)Oc1ccccc1N2c1ccc2c(c1)[Si]1(c3ccccc3O2)c2ccccc2-c2ccccc21. The van der Waals surface area contributed by atoms with E-state index in [1.807, 2.05) is 36.0 Å². The number of anilines is 9. The zero-order chi connectivity index (χ0) is 80.6. The Hall–Kier alpha value is -14.4. The molecule has 0 fully saturated rings. The van der Waals surface area contributed by atoms with Crippen LogP contribution in [0.2, 0.25) is 0 Å². The Morgan fingerprint density at radius 3 is 0.746 bits per heavy atom. The normalized spacial score (nSPS) is 15.1. The molecule has 576 valence electrons. The summed E-state index contributed by atoms with van der Waals surface area (Å²) in [6, 6.07) is 152. The minimum absolute atomic E-state index is 0.0980. The van der Waals surface area contributed by atoms with E-state index in [0.717, 1.165) is 68.7 Å². The number of fused-ring (bicyclic) bond motifs is 33. The number of rotatable bonds is 3. The Labute approximate surface area is 715 Å². The molecule has 122 heavy (non-hydrogen) atoms. The van der Waals surface area contributed by atoms with E-state index in [0.29, 0.717) is 0 Å². The maximum absolute atomic E-state index is 6.72. The van der Waals surface area contributed by atoms with Gasteiger partial charge in [-0.3, -0.25) is 0 Å². The van der Waals surface area contributed by atoms with Gasteiger partial charge in [-0.15, -0.1) is 0 Å². The van der Waals surface area contributed by atoms with E-state index in [-0.39, 0.29) is 5.41 Å². The summed E-state index contributed by atoms with van der Waals surface area (Å²) < 4.78 is 26.4. The summed E-state index contributed by atoms with van der Waals surface area (Å²) in [4.78, 5) is 9.75. The van der Waals surface area contributed by atoms with Crippen molar-refractivity contribution in [2.24, 2.45) is 0 Å². The molecule has 0 saturated carbocycles. The minimum atomic E-state index is -2.66. The first kappa shape index (κ1) is 70.6. The van der Waals surface area contributed by atoms with E-state index in [1.165, 1.54) is 145 Å². The first-order valence-electron chi connectivity index (χ1n) is 41.9. The fourth-order valence-electron chi connectivity index (χ4n) is 21.9. The summed E-state index contributed by atoms with van der Waals surface area (Å²) in [6.45, 7) is 4.68. The van der Waals surface area contributed by atoms with Crippen molar-refractivity contribution < 1.29 is 18.9 Å². The van der Waals surface area contributed by atoms with Crippen molar-refractivity contribution in [1.29, 1.82) is 0 Å². The van der Waals surface area contributed by atoms with Gasteiger partial charge in [0.25, 0.3) is 0 Å². The van der Waals surface area contributed by atoms with Crippen molar-refractivity contribution in [1.82, 2.24) is 0 Å². The molecule has 0 aliphatic carbocycles. The number of nitrogens with zero attached hydrogens (tertiary/aromatic N) is 3. The Bertz CT molecular complexity index is 6900. The van der Waals surface area contributed by atoms with Crippen LogP contribution in [0.3, 0.4) is 0 Å². The van der Waals surface area contributed by atoms with Gasteiger partial charge in [-0.1, -0.05) is 311 Å². The quantitative estimate of drug-likeness (QED) is 0.162. The first-order valence-corrected chi connectivity index (χ1v) is 48.7. The highest BCUT2D eigenvalue weighted by atomic mass is 32.2. The molecule has 0 atom stereocenters. The van der Waals surface area contributed by atoms with Crippen LogP contribution in [-0.2, 0) is 5.41 Å². The predicted molar refractivity (Wildman–Crippen MR) is 508 cm³/mol. The molecule has 3 spiro atoms. The monoisotopic (exact) mass is 1630 g/mol. The van der Waals surface area contributed by atoms with Gasteiger partial charge in [-0.05, 0) is 240 Å². The lowest BCUT2D eigenvalue weighted by Crippen LogP contribution is -2.74. The van der Waals surface area contributed by atoms with Crippen molar-refractivity contribution in [3.05, 3.63) is 430 Å². The number of hydrogen-bond acceptors (Lipinski definition) is 8. The highest BCUT2D eigenvalue weighted by molar-refractivity contribution is 7.99. The maximum Gasteiger partial charge on any atom is 0.189 e. The number of hydrogen-bond donors (Lipinski definition) is 0. The molecule has 11 heteroatoms. The molecule has 0 radical (unpaired) electrons. The van der Waals surface area contributed by atoms with E-state index in [1.54, 1.807) is 0 Å². The molecule has 18 aromatic carbocycles. The third-order valence-corrected chi connectivity index (χ3v) is 42.6. The zero-order valence-corrected chi connectivity index (χ0v) is 70.5. The summed E-state index contributed by atoms with van der Waals surface area (Å²) in [5.41, 5.74) is 21.0. The molecular formula is C111H75N3O4SSi3. The topological polar surface area (TPSA) is 46.6 Å². The molecule has 0 aromatic heterocycles. The standard InChI is InChI=1S/C39H29NOSi.C36H23NO2Si.C36H23NOSSi/c1-39(2)29-15-5-7-17-31(29)40(32-18-8-6-16-30(32)39)26-23-24-34-38(25-26)42(37-22-12-9-19-33(37)41-34)35-20-10-3-13-27(35)28-14-4-11-21-36(28)42;1-8-18-33-25(11-1)26-12-2-9-19-34(26)40(33)35-20-10-7-17-31(35)39-32-22-21-24(23-36(32)40)37-27-13-3-5-15-29(27)38-30-16-6-4-14-28(30)37;1-8-18-33-25(11-1)26-12-2-9-19-34(26)40(33)35-20-10-5-15-29(35)38-30-22-21-24(23-36(30)40)37-27-13-3-6-16-31(27)39-32-17-7-4-14-28(32)37/h3-25H,1-2H3;2*1-23H. The summed E-state index contributed by atoms with van der Waals surface area (Å²) in [7, 11) is -7.96. The number of para-hydroxylation sites is 11. The Morgan fingerprint density at radius 2 is 0.418 bits per heavy atom. The van der Waals surface area contributed by atoms with Gasteiger partial charge in [0.15, 0.2) is 35.7 Å². The molecule has 0 amide bonds. The average molecular weight is 1630 g/mol. The van der Waals surface area contributed by atoms with Crippen molar-refractivity contribution in [2.75, 3.05) is 14.7 Å². The molecule has 0 N–H and O–H groups in total. The van der Waals surface area contributed by atoms with E-state index in [2.05, 4.69) is 423 Å². The second-order valence-corrected chi connectivity index (χ2v) is 45.1. The molecule has 7 nitrogen and oxygen atoms in total. The number of benzene rings is 18. The van der Waals surface area contributed by atoms with Crippen LogP contribution in [0.25, 0.3) is 33.4 Å². The Balaban J connectivity index is 0.000000101. The van der Waals surface area contributed by atoms with Gasteiger partial charge in [-0.2, -0.15) is 0 Å². The maximum atomic E-state index is 6.72. The Kier molecular flexibility index (Phi) is 15.6. The van der Waals surface area contributed by atoms with Crippen LogP contribution in [0.1, 0.15) is 25.0 Å². The Morgan fingerprint density at radius 1 is 0.197 bits per heavy atom.